The minimum atomic E-state index is -0.829. The van der Waals surface area contributed by atoms with Crippen LogP contribution in [-0.4, -0.2) is 31.8 Å². The molecular formula is C18H17F2NO3. The van der Waals surface area contributed by atoms with Gasteiger partial charge in [-0.05, 0) is 18.2 Å². The van der Waals surface area contributed by atoms with Crippen molar-refractivity contribution in [2.24, 2.45) is 0 Å². The van der Waals surface area contributed by atoms with Crippen LogP contribution in [0.15, 0.2) is 48.5 Å². The molecule has 0 bridgehead atoms. The molecule has 1 heterocycles. The van der Waals surface area contributed by atoms with E-state index in [9.17, 15) is 13.6 Å². The molecule has 0 spiro atoms. The van der Waals surface area contributed by atoms with E-state index in [4.69, 9.17) is 9.47 Å². The fourth-order valence-corrected chi connectivity index (χ4v) is 2.55. The van der Waals surface area contributed by atoms with Crippen molar-refractivity contribution in [2.75, 3.05) is 24.7 Å². The SMILES string of the molecule is O=C(C1COCCO1)N(Cc1ccccc1F)c1ccccc1F. The summed E-state index contributed by atoms with van der Waals surface area (Å²) in [6, 6.07) is 12.0. The Morgan fingerprint density at radius 2 is 1.75 bits per heavy atom. The van der Waals surface area contributed by atoms with Crippen molar-refractivity contribution in [3.63, 3.8) is 0 Å². The highest BCUT2D eigenvalue weighted by Crippen LogP contribution is 2.24. The van der Waals surface area contributed by atoms with Crippen LogP contribution in [0.4, 0.5) is 14.5 Å². The topological polar surface area (TPSA) is 38.8 Å². The number of anilines is 1. The fraction of sp³-hybridized carbons (Fsp3) is 0.278. The van der Waals surface area contributed by atoms with Gasteiger partial charge in [0.2, 0.25) is 0 Å². The molecule has 1 fully saturated rings. The Kier molecular flexibility index (Phi) is 5.17. The predicted octanol–water partition coefficient (Wildman–Crippen LogP) is 2.91. The molecule has 0 radical (unpaired) electrons. The number of nitrogens with zero attached hydrogens (tertiary/aromatic N) is 1. The van der Waals surface area contributed by atoms with Gasteiger partial charge in [0.15, 0.2) is 6.10 Å². The number of amides is 1. The highest BCUT2D eigenvalue weighted by Gasteiger charge is 2.30. The molecule has 4 nitrogen and oxygen atoms in total. The first-order chi connectivity index (χ1) is 11.7. The molecule has 126 valence electrons. The van der Waals surface area contributed by atoms with Crippen LogP contribution in [0.3, 0.4) is 0 Å². The van der Waals surface area contributed by atoms with E-state index < -0.39 is 23.6 Å². The van der Waals surface area contributed by atoms with Crippen LogP contribution in [0.2, 0.25) is 0 Å². The summed E-state index contributed by atoms with van der Waals surface area (Å²) in [5, 5.41) is 0. The monoisotopic (exact) mass is 333 g/mol. The number of hydrogen-bond acceptors (Lipinski definition) is 3. The lowest BCUT2D eigenvalue weighted by molar-refractivity contribution is -0.145. The lowest BCUT2D eigenvalue weighted by atomic mass is 10.1. The average Bonchev–Trinajstić information content (AvgIpc) is 2.62. The van der Waals surface area contributed by atoms with Gasteiger partial charge in [-0.15, -0.1) is 0 Å². The third-order valence-electron chi connectivity index (χ3n) is 3.79. The molecule has 2 aromatic carbocycles. The van der Waals surface area contributed by atoms with Crippen molar-refractivity contribution in [2.45, 2.75) is 12.6 Å². The summed E-state index contributed by atoms with van der Waals surface area (Å²) in [6.45, 7) is 0.714. The van der Waals surface area contributed by atoms with Crippen molar-refractivity contribution in [3.8, 4) is 0 Å². The van der Waals surface area contributed by atoms with E-state index in [1.54, 1.807) is 24.3 Å². The summed E-state index contributed by atoms with van der Waals surface area (Å²) >= 11 is 0. The zero-order valence-corrected chi connectivity index (χ0v) is 13.0. The highest BCUT2D eigenvalue weighted by atomic mass is 19.1. The van der Waals surface area contributed by atoms with E-state index in [-0.39, 0.29) is 18.8 Å². The van der Waals surface area contributed by atoms with Crippen molar-refractivity contribution in [1.82, 2.24) is 0 Å². The number of carbonyl (C=O) groups is 1. The maximum Gasteiger partial charge on any atom is 0.258 e. The fourth-order valence-electron chi connectivity index (χ4n) is 2.55. The molecule has 0 aliphatic carbocycles. The number of halogens is 2. The first-order valence-corrected chi connectivity index (χ1v) is 7.65. The van der Waals surface area contributed by atoms with Gasteiger partial charge >= 0.3 is 0 Å². The van der Waals surface area contributed by atoms with Gasteiger partial charge in [-0.2, -0.15) is 0 Å². The Morgan fingerprint density at radius 3 is 2.42 bits per heavy atom. The minimum Gasteiger partial charge on any atom is -0.376 e. The van der Waals surface area contributed by atoms with E-state index in [2.05, 4.69) is 0 Å². The molecule has 2 aromatic rings. The molecule has 3 rings (SSSR count). The second kappa shape index (κ2) is 7.51. The van der Waals surface area contributed by atoms with Crippen molar-refractivity contribution in [1.29, 1.82) is 0 Å². The lowest BCUT2D eigenvalue weighted by Gasteiger charge is -2.30. The zero-order valence-electron chi connectivity index (χ0n) is 13.0. The Labute approximate surface area is 138 Å². The first-order valence-electron chi connectivity index (χ1n) is 7.65. The van der Waals surface area contributed by atoms with Gasteiger partial charge in [-0.25, -0.2) is 8.78 Å². The van der Waals surface area contributed by atoms with Crippen LogP contribution in [0.25, 0.3) is 0 Å². The maximum atomic E-state index is 14.2. The smallest absolute Gasteiger partial charge is 0.258 e. The van der Waals surface area contributed by atoms with Gasteiger partial charge in [0.05, 0.1) is 32.1 Å². The molecule has 1 aliphatic rings. The molecule has 1 amide bonds. The number of benzene rings is 2. The summed E-state index contributed by atoms with van der Waals surface area (Å²) in [5.74, 6) is -1.46. The standard InChI is InChI=1S/C18H17F2NO3/c19-14-6-2-1-5-13(14)11-21(16-8-4-3-7-15(16)20)18(22)17-12-23-9-10-24-17/h1-8,17H,9-12H2. The molecule has 1 saturated heterocycles. The quantitative estimate of drug-likeness (QED) is 0.864. The van der Waals surface area contributed by atoms with Crippen LogP contribution in [0.5, 0.6) is 0 Å². The van der Waals surface area contributed by atoms with Crippen molar-refractivity contribution >= 4 is 11.6 Å². The molecule has 0 saturated carbocycles. The van der Waals surface area contributed by atoms with Gasteiger partial charge in [0.1, 0.15) is 11.6 Å². The van der Waals surface area contributed by atoms with E-state index >= 15 is 0 Å². The summed E-state index contributed by atoms with van der Waals surface area (Å²) in [4.78, 5) is 14.0. The second-order valence-corrected chi connectivity index (χ2v) is 5.40. The number of carbonyl (C=O) groups excluding carboxylic acids is 1. The molecule has 0 aromatic heterocycles. The van der Waals surface area contributed by atoms with Crippen LogP contribution >= 0.6 is 0 Å². The summed E-state index contributed by atoms with van der Waals surface area (Å²) < 4.78 is 38.9. The van der Waals surface area contributed by atoms with E-state index in [0.717, 1.165) is 0 Å². The maximum absolute atomic E-state index is 14.2. The van der Waals surface area contributed by atoms with Gasteiger partial charge < -0.3 is 14.4 Å². The average molecular weight is 333 g/mol. The van der Waals surface area contributed by atoms with E-state index in [0.29, 0.717) is 18.8 Å². The predicted molar refractivity (Wildman–Crippen MR) is 84.5 cm³/mol. The zero-order chi connectivity index (χ0) is 16.9. The minimum absolute atomic E-state index is 0.0833. The first kappa shape index (κ1) is 16.5. The lowest BCUT2D eigenvalue weighted by Crippen LogP contribution is -2.45. The van der Waals surface area contributed by atoms with Crippen LogP contribution in [0, 0.1) is 11.6 Å². The third-order valence-corrected chi connectivity index (χ3v) is 3.79. The molecule has 24 heavy (non-hydrogen) atoms. The Bertz CT molecular complexity index is 717. The number of ether oxygens (including phenoxy) is 2. The highest BCUT2D eigenvalue weighted by molar-refractivity contribution is 5.96. The molecule has 6 heteroatoms. The largest absolute Gasteiger partial charge is 0.376 e. The van der Waals surface area contributed by atoms with Crippen LogP contribution < -0.4 is 4.90 Å². The second-order valence-electron chi connectivity index (χ2n) is 5.40. The Hall–Kier alpha value is -2.31. The molecule has 1 atom stereocenters. The summed E-state index contributed by atoms with van der Waals surface area (Å²) in [7, 11) is 0. The molecular weight excluding hydrogens is 316 g/mol. The number of rotatable bonds is 4. The van der Waals surface area contributed by atoms with Gasteiger partial charge in [0, 0.05) is 5.56 Å². The van der Waals surface area contributed by atoms with Gasteiger partial charge in [0.25, 0.3) is 5.91 Å². The van der Waals surface area contributed by atoms with E-state index in [1.165, 1.54) is 29.2 Å². The molecule has 1 aliphatic heterocycles. The number of para-hydroxylation sites is 1. The number of hydrogen-bond donors (Lipinski definition) is 0. The van der Waals surface area contributed by atoms with Crippen molar-refractivity contribution in [3.05, 3.63) is 65.7 Å². The van der Waals surface area contributed by atoms with Gasteiger partial charge in [-0.1, -0.05) is 30.3 Å². The Balaban J connectivity index is 1.93. The third kappa shape index (κ3) is 3.60. The van der Waals surface area contributed by atoms with Crippen LogP contribution in [-0.2, 0) is 20.8 Å². The summed E-state index contributed by atoms with van der Waals surface area (Å²) in [6.07, 6.45) is -0.829. The van der Waals surface area contributed by atoms with Crippen molar-refractivity contribution < 1.29 is 23.0 Å². The van der Waals surface area contributed by atoms with Gasteiger partial charge in [-0.3, -0.25) is 4.79 Å². The molecule has 0 N–H and O–H groups in total. The molecule has 1 unspecified atom stereocenters. The van der Waals surface area contributed by atoms with Crippen LogP contribution in [0.1, 0.15) is 5.56 Å². The van der Waals surface area contributed by atoms with E-state index in [1.807, 2.05) is 0 Å². The Morgan fingerprint density at radius 1 is 1.04 bits per heavy atom. The normalized spacial score (nSPS) is 17.5. The summed E-state index contributed by atoms with van der Waals surface area (Å²) in [5.41, 5.74) is 0.380.